The predicted octanol–water partition coefficient (Wildman–Crippen LogP) is 4.95. The molecular formula is C17H16Cl2FN. The van der Waals surface area contributed by atoms with Gasteiger partial charge in [0.1, 0.15) is 5.82 Å². The monoisotopic (exact) mass is 323 g/mol. The van der Waals surface area contributed by atoms with Crippen molar-refractivity contribution in [2.45, 2.75) is 31.8 Å². The molecule has 3 rings (SSSR count). The summed E-state index contributed by atoms with van der Waals surface area (Å²) in [6.07, 6.45) is 1.99. The van der Waals surface area contributed by atoms with Gasteiger partial charge in [-0.05, 0) is 48.6 Å². The Balaban J connectivity index is 1.74. The van der Waals surface area contributed by atoms with Crippen molar-refractivity contribution in [2.75, 3.05) is 0 Å². The summed E-state index contributed by atoms with van der Waals surface area (Å²) >= 11 is 11.9. The van der Waals surface area contributed by atoms with E-state index in [1.165, 1.54) is 23.3 Å². The second-order valence-electron chi connectivity index (χ2n) is 5.55. The molecule has 0 saturated carbocycles. The number of halogens is 3. The Morgan fingerprint density at radius 3 is 2.33 bits per heavy atom. The maximum atomic E-state index is 13.6. The third-order valence-electron chi connectivity index (χ3n) is 4.04. The molecule has 2 aromatic rings. The molecule has 0 aromatic heterocycles. The topological polar surface area (TPSA) is 12.0 Å². The maximum Gasteiger partial charge on any atom is 0.142 e. The molecule has 0 bridgehead atoms. The second-order valence-corrected chi connectivity index (χ2v) is 6.36. The smallest absolute Gasteiger partial charge is 0.142 e. The zero-order chi connectivity index (χ0) is 15.0. The van der Waals surface area contributed by atoms with Gasteiger partial charge in [0.25, 0.3) is 0 Å². The highest BCUT2D eigenvalue weighted by molar-refractivity contribution is 6.35. The highest BCUT2D eigenvalue weighted by atomic mass is 35.5. The largest absolute Gasteiger partial charge is 0.307 e. The van der Waals surface area contributed by atoms with Crippen LogP contribution in [0.4, 0.5) is 4.39 Å². The van der Waals surface area contributed by atoms with E-state index < -0.39 is 5.82 Å². The summed E-state index contributed by atoms with van der Waals surface area (Å²) in [5.41, 5.74) is 3.51. The van der Waals surface area contributed by atoms with Crippen LogP contribution >= 0.6 is 23.2 Å². The van der Waals surface area contributed by atoms with E-state index >= 15 is 0 Å². The van der Waals surface area contributed by atoms with Crippen molar-refractivity contribution < 1.29 is 4.39 Å². The Morgan fingerprint density at radius 2 is 1.71 bits per heavy atom. The molecule has 1 aliphatic rings. The number of rotatable bonds is 3. The van der Waals surface area contributed by atoms with Crippen molar-refractivity contribution in [2.24, 2.45) is 0 Å². The van der Waals surface area contributed by atoms with Gasteiger partial charge in [0.15, 0.2) is 0 Å². The van der Waals surface area contributed by atoms with Gasteiger partial charge in [-0.25, -0.2) is 4.39 Å². The van der Waals surface area contributed by atoms with Crippen LogP contribution in [-0.2, 0) is 12.8 Å². The zero-order valence-corrected chi connectivity index (χ0v) is 13.2. The number of fused-ring (bicyclic) bond motifs is 1. The fourth-order valence-electron chi connectivity index (χ4n) is 2.99. The molecule has 1 aliphatic carbocycles. The average Bonchev–Trinajstić information content (AvgIpc) is 2.84. The molecule has 21 heavy (non-hydrogen) atoms. The zero-order valence-electron chi connectivity index (χ0n) is 11.7. The van der Waals surface area contributed by atoms with Crippen molar-refractivity contribution in [3.05, 3.63) is 69.0 Å². The molecule has 1 unspecified atom stereocenters. The number of hydrogen-bond acceptors (Lipinski definition) is 1. The van der Waals surface area contributed by atoms with Crippen LogP contribution in [-0.4, -0.2) is 6.04 Å². The first-order valence-corrected chi connectivity index (χ1v) is 7.77. The number of benzene rings is 2. The number of nitrogens with one attached hydrogen (secondary N) is 1. The Bertz CT molecular complexity index is 647. The minimum absolute atomic E-state index is 0.0245. The molecule has 0 amide bonds. The summed E-state index contributed by atoms with van der Waals surface area (Å²) in [5, 5.41) is 4.09. The molecule has 0 heterocycles. The maximum absolute atomic E-state index is 13.6. The molecule has 0 aliphatic heterocycles. The molecule has 110 valence electrons. The van der Waals surface area contributed by atoms with Gasteiger partial charge >= 0.3 is 0 Å². The molecule has 1 atom stereocenters. The summed E-state index contributed by atoms with van der Waals surface area (Å²) in [6.45, 7) is 2.00. The van der Waals surface area contributed by atoms with E-state index in [9.17, 15) is 4.39 Å². The molecule has 0 fully saturated rings. The van der Waals surface area contributed by atoms with E-state index in [0.717, 1.165) is 18.4 Å². The van der Waals surface area contributed by atoms with Crippen LogP contribution in [0.2, 0.25) is 10.0 Å². The summed E-state index contributed by atoms with van der Waals surface area (Å²) in [6, 6.07) is 11.7. The van der Waals surface area contributed by atoms with Gasteiger partial charge < -0.3 is 5.32 Å². The molecule has 1 nitrogen and oxygen atoms in total. The summed E-state index contributed by atoms with van der Waals surface area (Å²) < 4.78 is 13.6. The summed E-state index contributed by atoms with van der Waals surface area (Å²) in [5.74, 6) is -0.431. The lowest BCUT2D eigenvalue weighted by Crippen LogP contribution is -2.32. The van der Waals surface area contributed by atoms with Crippen LogP contribution in [0.15, 0.2) is 36.4 Å². The van der Waals surface area contributed by atoms with Gasteiger partial charge in [-0.3, -0.25) is 0 Å². The first-order valence-electron chi connectivity index (χ1n) is 7.02. The first-order chi connectivity index (χ1) is 10.0. The van der Waals surface area contributed by atoms with Crippen LogP contribution in [0.3, 0.4) is 0 Å². The minimum atomic E-state index is -0.431. The summed E-state index contributed by atoms with van der Waals surface area (Å²) in [7, 11) is 0. The molecule has 1 N–H and O–H groups in total. The standard InChI is InChI=1S/C17H16Cl2FN/c1-10(14-8-17(20)16(19)9-15(14)18)21-13-6-11-4-2-3-5-12(11)7-13/h2-5,8-10,13,21H,6-7H2,1H3. The minimum Gasteiger partial charge on any atom is -0.307 e. The molecular weight excluding hydrogens is 308 g/mol. The Hall–Kier alpha value is -1.09. The normalized spacial score (nSPS) is 16.0. The van der Waals surface area contributed by atoms with Gasteiger partial charge in [-0.2, -0.15) is 0 Å². The van der Waals surface area contributed by atoms with Gasteiger partial charge in [0.05, 0.1) is 5.02 Å². The molecule has 0 radical (unpaired) electrons. The van der Waals surface area contributed by atoms with Crippen LogP contribution in [0.1, 0.15) is 29.7 Å². The van der Waals surface area contributed by atoms with Crippen LogP contribution in [0.5, 0.6) is 0 Å². The van der Waals surface area contributed by atoms with E-state index in [2.05, 4.69) is 29.6 Å². The lowest BCUT2D eigenvalue weighted by atomic mass is 10.1. The molecule has 0 spiro atoms. The van der Waals surface area contributed by atoms with Crippen molar-refractivity contribution in [1.29, 1.82) is 0 Å². The van der Waals surface area contributed by atoms with Crippen molar-refractivity contribution in [1.82, 2.24) is 5.32 Å². The third kappa shape index (κ3) is 3.08. The highest BCUT2D eigenvalue weighted by Crippen LogP contribution is 2.30. The lowest BCUT2D eigenvalue weighted by Gasteiger charge is -2.21. The van der Waals surface area contributed by atoms with Crippen molar-refractivity contribution in [3.63, 3.8) is 0 Å². The molecule has 4 heteroatoms. The van der Waals surface area contributed by atoms with Gasteiger partial charge in [-0.15, -0.1) is 0 Å². The van der Waals surface area contributed by atoms with Crippen molar-refractivity contribution >= 4 is 23.2 Å². The molecule has 2 aromatic carbocycles. The fourth-order valence-corrected chi connectivity index (χ4v) is 3.54. The predicted molar refractivity (Wildman–Crippen MR) is 85.6 cm³/mol. The number of hydrogen-bond donors (Lipinski definition) is 1. The second kappa shape index (κ2) is 5.96. The Kier molecular flexibility index (Phi) is 4.21. The van der Waals surface area contributed by atoms with Crippen LogP contribution < -0.4 is 5.32 Å². The highest BCUT2D eigenvalue weighted by Gasteiger charge is 2.23. The van der Waals surface area contributed by atoms with E-state index in [4.69, 9.17) is 23.2 Å². The van der Waals surface area contributed by atoms with Gasteiger partial charge in [-0.1, -0.05) is 47.5 Å². The van der Waals surface area contributed by atoms with E-state index in [1.807, 2.05) is 6.92 Å². The summed E-state index contributed by atoms with van der Waals surface area (Å²) in [4.78, 5) is 0. The van der Waals surface area contributed by atoms with E-state index in [1.54, 1.807) is 0 Å². The molecule has 0 saturated heterocycles. The SMILES string of the molecule is CC(NC1Cc2ccccc2C1)c1cc(F)c(Cl)cc1Cl. The average molecular weight is 324 g/mol. The van der Waals surface area contributed by atoms with Gasteiger partial charge in [0, 0.05) is 17.1 Å². The van der Waals surface area contributed by atoms with Crippen molar-refractivity contribution in [3.8, 4) is 0 Å². The lowest BCUT2D eigenvalue weighted by molar-refractivity contribution is 0.466. The first kappa shape index (κ1) is 14.8. The third-order valence-corrected chi connectivity index (χ3v) is 4.66. The van der Waals surface area contributed by atoms with Crippen LogP contribution in [0, 0.1) is 5.82 Å². The fraction of sp³-hybridized carbons (Fsp3) is 0.294. The Labute approximate surface area is 134 Å². The van der Waals surface area contributed by atoms with E-state index in [-0.39, 0.29) is 11.1 Å². The van der Waals surface area contributed by atoms with Gasteiger partial charge in [0.2, 0.25) is 0 Å². The quantitative estimate of drug-likeness (QED) is 0.788. The van der Waals surface area contributed by atoms with Crippen LogP contribution in [0.25, 0.3) is 0 Å². The van der Waals surface area contributed by atoms with E-state index in [0.29, 0.717) is 11.1 Å². The Morgan fingerprint density at radius 1 is 1.10 bits per heavy atom.